The summed E-state index contributed by atoms with van der Waals surface area (Å²) >= 11 is 0. The van der Waals surface area contributed by atoms with Crippen molar-refractivity contribution in [3.05, 3.63) is 35.9 Å². The molecule has 2 aromatic heterocycles. The zero-order valence-corrected chi connectivity index (χ0v) is 14.2. The Morgan fingerprint density at radius 2 is 2.19 bits per heavy atom. The molecule has 3 N–H and O–H groups in total. The second kappa shape index (κ2) is 5.38. The molecule has 1 atom stereocenters. The Balaban J connectivity index is 1.55. The van der Waals surface area contributed by atoms with Crippen LogP contribution in [0.3, 0.4) is 0 Å². The van der Waals surface area contributed by atoms with Crippen LogP contribution in [0, 0.1) is 11.2 Å². The number of nitrogen functional groups attached to an aromatic ring is 1. The molecular formula is C18H19FN6O. The van der Waals surface area contributed by atoms with Gasteiger partial charge in [0.1, 0.15) is 22.7 Å². The molecule has 1 amide bonds. The molecule has 134 valence electrons. The predicted molar refractivity (Wildman–Crippen MR) is 95.3 cm³/mol. The van der Waals surface area contributed by atoms with Crippen LogP contribution in [0.25, 0.3) is 16.6 Å². The maximum Gasteiger partial charge on any atom is 0.274 e. The summed E-state index contributed by atoms with van der Waals surface area (Å²) in [5.74, 6) is -0.453. The maximum absolute atomic E-state index is 14.0. The number of likely N-dealkylation sites (tertiary alicyclic amines) is 1. The van der Waals surface area contributed by atoms with Gasteiger partial charge >= 0.3 is 0 Å². The first-order valence-electron chi connectivity index (χ1n) is 8.79. The number of carbonyl (C=O) groups excluding carboxylic acids is 1. The Morgan fingerprint density at radius 3 is 3.00 bits per heavy atom. The number of nitrogens with one attached hydrogen (secondary N) is 1. The van der Waals surface area contributed by atoms with Gasteiger partial charge in [0.15, 0.2) is 0 Å². The molecule has 4 heterocycles. The largest absolute Gasteiger partial charge is 0.369 e. The highest BCUT2D eigenvalue weighted by atomic mass is 19.1. The van der Waals surface area contributed by atoms with E-state index in [1.54, 1.807) is 22.7 Å². The average molecular weight is 354 g/mol. The molecule has 7 nitrogen and oxygen atoms in total. The first-order chi connectivity index (χ1) is 12.6. The molecule has 2 aliphatic heterocycles. The van der Waals surface area contributed by atoms with E-state index in [4.69, 9.17) is 5.73 Å². The van der Waals surface area contributed by atoms with E-state index in [9.17, 15) is 9.18 Å². The van der Waals surface area contributed by atoms with Gasteiger partial charge in [0.2, 0.25) is 5.95 Å². The van der Waals surface area contributed by atoms with Crippen molar-refractivity contribution in [2.75, 3.05) is 31.9 Å². The quantitative estimate of drug-likeness (QED) is 0.690. The van der Waals surface area contributed by atoms with Gasteiger partial charge in [-0.2, -0.15) is 0 Å². The van der Waals surface area contributed by atoms with Crippen molar-refractivity contribution in [3.8, 4) is 0 Å². The van der Waals surface area contributed by atoms with Crippen molar-refractivity contribution in [3.63, 3.8) is 0 Å². The maximum atomic E-state index is 14.0. The van der Waals surface area contributed by atoms with E-state index < -0.39 is 5.82 Å². The number of para-hydroxylation sites is 1. The molecule has 2 aliphatic rings. The van der Waals surface area contributed by atoms with Crippen LogP contribution in [0.5, 0.6) is 0 Å². The van der Waals surface area contributed by atoms with E-state index >= 15 is 0 Å². The lowest BCUT2D eigenvalue weighted by molar-refractivity contribution is 0.0770. The highest BCUT2D eigenvalue weighted by Gasteiger charge is 2.42. The first kappa shape index (κ1) is 15.5. The lowest BCUT2D eigenvalue weighted by Gasteiger charge is -2.22. The Hall–Kier alpha value is -2.74. The Morgan fingerprint density at radius 1 is 1.31 bits per heavy atom. The molecule has 3 aromatic rings. The number of hydrogen-bond donors (Lipinski definition) is 2. The summed E-state index contributed by atoms with van der Waals surface area (Å²) in [6.45, 7) is 3.45. The van der Waals surface area contributed by atoms with Gasteiger partial charge in [-0.3, -0.25) is 9.20 Å². The zero-order chi connectivity index (χ0) is 17.9. The number of fused-ring (bicyclic) bond motifs is 3. The van der Waals surface area contributed by atoms with Crippen molar-refractivity contribution in [1.29, 1.82) is 0 Å². The van der Waals surface area contributed by atoms with Crippen molar-refractivity contribution < 1.29 is 9.18 Å². The summed E-state index contributed by atoms with van der Waals surface area (Å²) in [6.07, 6.45) is 3.71. The normalized spacial score (nSPS) is 22.9. The molecule has 2 saturated heterocycles. The number of hydrogen-bond acceptors (Lipinski definition) is 5. The molecular weight excluding hydrogens is 335 g/mol. The van der Waals surface area contributed by atoms with Gasteiger partial charge < -0.3 is 16.0 Å². The van der Waals surface area contributed by atoms with Crippen molar-refractivity contribution in [2.24, 2.45) is 5.41 Å². The topological polar surface area (TPSA) is 88.5 Å². The van der Waals surface area contributed by atoms with Crippen LogP contribution in [0.15, 0.2) is 24.4 Å². The highest BCUT2D eigenvalue weighted by Crippen LogP contribution is 2.36. The highest BCUT2D eigenvalue weighted by molar-refractivity contribution is 5.97. The summed E-state index contributed by atoms with van der Waals surface area (Å²) in [4.78, 5) is 23.4. The van der Waals surface area contributed by atoms with E-state index in [1.807, 2.05) is 4.90 Å². The van der Waals surface area contributed by atoms with Crippen molar-refractivity contribution in [1.82, 2.24) is 24.6 Å². The van der Waals surface area contributed by atoms with E-state index in [-0.39, 0.29) is 22.8 Å². The minimum absolute atomic E-state index is 0.110. The number of anilines is 1. The minimum Gasteiger partial charge on any atom is -0.369 e. The van der Waals surface area contributed by atoms with Crippen LogP contribution in [0.4, 0.5) is 10.3 Å². The third kappa shape index (κ3) is 2.18. The molecule has 1 unspecified atom stereocenters. The van der Waals surface area contributed by atoms with E-state index in [0.717, 1.165) is 39.0 Å². The second-order valence-corrected chi connectivity index (χ2v) is 7.33. The third-order valence-electron chi connectivity index (χ3n) is 5.68. The molecule has 1 spiro atoms. The van der Waals surface area contributed by atoms with Crippen LogP contribution in [-0.4, -0.2) is 51.4 Å². The summed E-state index contributed by atoms with van der Waals surface area (Å²) in [6, 6.07) is 4.67. The molecule has 0 bridgehead atoms. The smallest absolute Gasteiger partial charge is 0.274 e. The minimum atomic E-state index is -0.456. The fraction of sp³-hybridized carbons (Fsp3) is 0.389. The number of aromatic nitrogens is 3. The van der Waals surface area contributed by atoms with Gasteiger partial charge in [-0.15, -0.1) is 0 Å². The first-order valence-corrected chi connectivity index (χ1v) is 8.79. The van der Waals surface area contributed by atoms with Crippen LogP contribution < -0.4 is 11.1 Å². The number of nitrogens with zero attached hydrogens (tertiary/aromatic N) is 4. The van der Waals surface area contributed by atoms with Gasteiger partial charge in [0, 0.05) is 36.6 Å². The molecule has 2 fully saturated rings. The van der Waals surface area contributed by atoms with Gasteiger partial charge in [-0.05, 0) is 31.5 Å². The van der Waals surface area contributed by atoms with Crippen molar-refractivity contribution in [2.45, 2.75) is 12.8 Å². The molecule has 1 aromatic carbocycles. The van der Waals surface area contributed by atoms with E-state index in [0.29, 0.717) is 16.7 Å². The third-order valence-corrected chi connectivity index (χ3v) is 5.68. The van der Waals surface area contributed by atoms with Crippen LogP contribution in [-0.2, 0) is 0 Å². The number of rotatable bonds is 1. The average Bonchev–Trinajstić information content (AvgIpc) is 3.37. The Bertz CT molecular complexity index is 1040. The standard InChI is InChI=1S/C18H19FN6O/c19-12-3-1-2-11-14(12)23-17(20)25-8-13(22-15(11)25)16(26)24-7-5-18(10-24)4-6-21-9-18/h1-3,8,21H,4-7,9-10H2,(H2,20,23). The lowest BCUT2D eigenvalue weighted by Crippen LogP contribution is -2.33. The van der Waals surface area contributed by atoms with Crippen LogP contribution in [0.1, 0.15) is 23.3 Å². The fourth-order valence-corrected chi connectivity index (χ4v) is 4.24. The van der Waals surface area contributed by atoms with E-state index in [1.165, 1.54) is 6.07 Å². The van der Waals surface area contributed by atoms with Gasteiger partial charge in [0.25, 0.3) is 5.91 Å². The summed E-state index contributed by atoms with van der Waals surface area (Å²) in [5, 5.41) is 3.93. The van der Waals surface area contributed by atoms with Crippen LogP contribution in [0.2, 0.25) is 0 Å². The predicted octanol–water partition coefficient (Wildman–Crippen LogP) is 1.43. The zero-order valence-electron chi connectivity index (χ0n) is 14.2. The number of halogens is 1. The summed E-state index contributed by atoms with van der Waals surface area (Å²) < 4.78 is 15.6. The monoisotopic (exact) mass is 354 g/mol. The Kier molecular flexibility index (Phi) is 3.21. The Labute approximate surface area is 149 Å². The number of amides is 1. The molecule has 0 saturated carbocycles. The molecule has 5 rings (SSSR count). The number of benzene rings is 1. The number of imidazole rings is 1. The fourth-order valence-electron chi connectivity index (χ4n) is 4.24. The van der Waals surface area contributed by atoms with Crippen molar-refractivity contribution >= 4 is 28.4 Å². The second-order valence-electron chi connectivity index (χ2n) is 7.33. The number of carbonyl (C=O) groups is 1. The van der Waals surface area contributed by atoms with E-state index in [2.05, 4.69) is 15.3 Å². The molecule has 26 heavy (non-hydrogen) atoms. The molecule has 0 radical (unpaired) electrons. The van der Waals surface area contributed by atoms with Gasteiger partial charge in [-0.25, -0.2) is 14.4 Å². The molecule has 0 aliphatic carbocycles. The van der Waals surface area contributed by atoms with Gasteiger partial charge in [-0.1, -0.05) is 6.07 Å². The number of nitrogens with two attached hydrogens (primary N) is 1. The lowest BCUT2D eigenvalue weighted by atomic mass is 9.87. The molecule has 8 heteroatoms. The summed E-state index contributed by atoms with van der Waals surface area (Å²) in [5.41, 5.74) is 7.10. The van der Waals surface area contributed by atoms with Crippen LogP contribution >= 0.6 is 0 Å². The SMILES string of the molecule is Nc1nc2c(F)cccc2c2nc(C(=O)N3CCC4(CCNC4)C3)cn12. The van der Waals surface area contributed by atoms with Gasteiger partial charge in [0.05, 0.1) is 0 Å². The summed E-state index contributed by atoms with van der Waals surface area (Å²) in [7, 11) is 0.